The second-order valence-electron chi connectivity index (χ2n) is 6.73. The number of hydrogen-bond donors (Lipinski definition) is 3. The summed E-state index contributed by atoms with van der Waals surface area (Å²) in [5, 5.41) is 15.1. The summed E-state index contributed by atoms with van der Waals surface area (Å²) in [6.07, 6.45) is 8.85. The molecular weight excluding hydrogens is 268 g/mol. The zero-order valence-electron chi connectivity index (χ0n) is 12.9. The molecule has 0 saturated heterocycles. The summed E-state index contributed by atoms with van der Waals surface area (Å²) in [5.74, 6) is -0.390. The van der Waals surface area contributed by atoms with Crippen LogP contribution in [-0.2, 0) is 4.79 Å². The summed E-state index contributed by atoms with van der Waals surface area (Å²) in [6.45, 7) is 2.22. The Hall–Kier alpha value is -1.26. The highest BCUT2D eigenvalue weighted by molar-refractivity contribution is 5.74. The van der Waals surface area contributed by atoms with Gasteiger partial charge in [0.15, 0.2) is 0 Å². The second-order valence-corrected chi connectivity index (χ2v) is 6.73. The smallest absolute Gasteiger partial charge is 0.315 e. The molecule has 0 bridgehead atoms. The molecule has 21 heavy (non-hydrogen) atoms. The molecule has 0 radical (unpaired) electrons. The monoisotopic (exact) mass is 296 g/mol. The van der Waals surface area contributed by atoms with Crippen LogP contribution in [0.15, 0.2) is 0 Å². The van der Waals surface area contributed by atoms with Crippen molar-refractivity contribution in [1.82, 2.24) is 10.6 Å². The zero-order valence-corrected chi connectivity index (χ0v) is 12.9. The molecule has 5 nitrogen and oxygen atoms in total. The Morgan fingerprint density at radius 3 is 2.24 bits per heavy atom. The molecule has 0 aliphatic heterocycles. The first kappa shape index (κ1) is 16.1. The third kappa shape index (κ3) is 4.90. The first-order chi connectivity index (χ1) is 10.1. The van der Waals surface area contributed by atoms with Crippen LogP contribution >= 0.6 is 0 Å². The minimum atomic E-state index is -0.704. The van der Waals surface area contributed by atoms with Gasteiger partial charge in [0.25, 0.3) is 0 Å². The highest BCUT2D eigenvalue weighted by Crippen LogP contribution is 2.25. The number of carbonyl (C=O) groups is 2. The number of hydrogen-bond acceptors (Lipinski definition) is 2. The number of carboxylic acid groups (broad SMARTS) is 1. The van der Waals surface area contributed by atoms with Crippen LogP contribution in [0, 0.1) is 11.8 Å². The molecule has 0 aromatic heterocycles. The minimum Gasteiger partial charge on any atom is -0.481 e. The van der Waals surface area contributed by atoms with Gasteiger partial charge in [-0.3, -0.25) is 4.79 Å². The lowest BCUT2D eigenvalue weighted by atomic mass is 9.86. The van der Waals surface area contributed by atoms with Crippen molar-refractivity contribution >= 4 is 12.0 Å². The highest BCUT2D eigenvalue weighted by atomic mass is 16.4. The number of carbonyl (C=O) groups excluding carboxylic acids is 1. The molecule has 0 heterocycles. The largest absolute Gasteiger partial charge is 0.481 e. The van der Waals surface area contributed by atoms with Gasteiger partial charge in [-0.2, -0.15) is 0 Å². The molecular formula is C16H28N2O3. The summed E-state index contributed by atoms with van der Waals surface area (Å²) in [7, 11) is 0. The van der Waals surface area contributed by atoms with E-state index in [0.717, 1.165) is 19.3 Å². The predicted octanol–water partition coefficient (Wildman–Crippen LogP) is 2.90. The molecule has 2 saturated carbocycles. The normalized spacial score (nSPS) is 33.8. The molecule has 120 valence electrons. The molecule has 2 aliphatic rings. The molecule has 2 amide bonds. The molecule has 5 heteroatoms. The molecule has 2 rings (SSSR count). The van der Waals surface area contributed by atoms with Gasteiger partial charge in [0.2, 0.25) is 0 Å². The zero-order chi connectivity index (χ0) is 15.2. The van der Waals surface area contributed by atoms with E-state index in [4.69, 9.17) is 5.11 Å². The van der Waals surface area contributed by atoms with E-state index in [-0.39, 0.29) is 24.0 Å². The Balaban J connectivity index is 1.73. The van der Waals surface area contributed by atoms with E-state index in [0.29, 0.717) is 18.8 Å². The summed E-state index contributed by atoms with van der Waals surface area (Å²) in [5.41, 5.74) is 0. The van der Waals surface area contributed by atoms with Crippen LogP contribution in [0.1, 0.15) is 64.7 Å². The van der Waals surface area contributed by atoms with E-state index < -0.39 is 5.97 Å². The third-order valence-corrected chi connectivity index (χ3v) is 5.09. The fourth-order valence-electron chi connectivity index (χ4n) is 3.59. The maximum atomic E-state index is 12.1. The van der Waals surface area contributed by atoms with Gasteiger partial charge < -0.3 is 15.7 Å². The van der Waals surface area contributed by atoms with Crippen molar-refractivity contribution in [2.75, 3.05) is 0 Å². The van der Waals surface area contributed by atoms with Gasteiger partial charge in [0.05, 0.1) is 5.92 Å². The van der Waals surface area contributed by atoms with E-state index in [2.05, 4.69) is 17.6 Å². The molecule has 0 aromatic rings. The van der Waals surface area contributed by atoms with Crippen molar-refractivity contribution in [1.29, 1.82) is 0 Å². The second kappa shape index (κ2) is 7.66. The Morgan fingerprint density at radius 2 is 1.57 bits per heavy atom. The first-order valence-corrected chi connectivity index (χ1v) is 8.36. The van der Waals surface area contributed by atoms with E-state index >= 15 is 0 Å². The summed E-state index contributed by atoms with van der Waals surface area (Å²) in [4.78, 5) is 23.0. The molecule has 0 aromatic carbocycles. The van der Waals surface area contributed by atoms with Crippen molar-refractivity contribution < 1.29 is 14.7 Å². The third-order valence-electron chi connectivity index (χ3n) is 5.09. The van der Waals surface area contributed by atoms with Crippen molar-refractivity contribution in [2.45, 2.75) is 76.8 Å². The molecule has 2 atom stereocenters. The molecule has 2 aliphatic carbocycles. The van der Waals surface area contributed by atoms with Crippen LogP contribution < -0.4 is 10.6 Å². The summed E-state index contributed by atoms with van der Waals surface area (Å²) >= 11 is 0. The van der Waals surface area contributed by atoms with Crippen LogP contribution in [0.5, 0.6) is 0 Å². The van der Waals surface area contributed by atoms with Crippen LogP contribution in [0.4, 0.5) is 4.79 Å². The topological polar surface area (TPSA) is 78.4 Å². The van der Waals surface area contributed by atoms with E-state index in [1.807, 2.05) is 0 Å². The quantitative estimate of drug-likeness (QED) is 0.701. The lowest BCUT2D eigenvalue weighted by Gasteiger charge is -2.29. The van der Waals surface area contributed by atoms with Crippen molar-refractivity contribution in [3.63, 3.8) is 0 Å². The van der Waals surface area contributed by atoms with Crippen LogP contribution in [0.2, 0.25) is 0 Å². The van der Waals surface area contributed by atoms with Gasteiger partial charge in [-0.15, -0.1) is 0 Å². The fourth-order valence-corrected chi connectivity index (χ4v) is 3.59. The average Bonchev–Trinajstić information content (AvgIpc) is 2.65. The van der Waals surface area contributed by atoms with Crippen LogP contribution in [0.25, 0.3) is 0 Å². The lowest BCUT2D eigenvalue weighted by Crippen LogP contribution is -2.49. The lowest BCUT2D eigenvalue weighted by molar-refractivity contribution is -0.142. The van der Waals surface area contributed by atoms with Gasteiger partial charge in [-0.25, -0.2) is 4.79 Å². The Bertz CT molecular complexity index is 365. The number of nitrogens with one attached hydrogen (secondary N) is 2. The maximum Gasteiger partial charge on any atom is 0.315 e. The number of urea groups is 1. The van der Waals surface area contributed by atoms with Crippen molar-refractivity contribution in [3.05, 3.63) is 0 Å². The summed E-state index contributed by atoms with van der Waals surface area (Å²) in [6, 6.07) is 0.331. The van der Waals surface area contributed by atoms with Gasteiger partial charge in [0, 0.05) is 12.1 Å². The Kier molecular flexibility index (Phi) is 5.88. The standard InChI is InChI=1S/C16H28N2O3/c1-11-5-3-2-4-6-14(11)18-16(21)17-13-9-7-12(8-10-13)15(19)20/h11-14H,2-10H2,1H3,(H,19,20)(H2,17,18,21). The number of rotatable bonds is 3. The molecule has 2 unspecified atom stereocenters. The molecule has 3 N–H and O–H groups in total. The Labute approximate surface area is 126 Å². The van der Waals surface area contributed by atoms with Crippen LogP contribution in [0.3, 0.4) is 0 Å². The average molecular weight is 296 g/mol. The van der Waals surface area contributed by atoms with E-state index in [9.17, 15) is 9.59 Å². The maximum absolute atomic E-state index is 12.1. The van der Waals surface area contributed by atoms with Crippen molar-refractivity contribution in [3.8, 4) is 0 Å². The van der Waals surface area contributed by atoms with E-state index in [1.54, 1.807) is 0 Å². The van der Waals surface area contributed by atoms with E-state index in [1.165, 1.54) is 25.7 Å². The number of amides is 2. The number of aliphatic carboxylic acids is 1. The molecule has 0 spiro atoms. The highest BCUT2D eigenvalue weighted by Gasteiger charge is 2.27. The van der Waals surface area contributed by atoms with Crippen LogP contribution in [-0.4, -0.2) is 29.2 Å². The fraction of sp³-hybridized carbons (Fsp3) is 0.875. The predicted molar refractivity (Wildman–Crippen MR) is 81.1 cm³/mol. The number of carboxylic acids is 1. The van der Waals surface area contributed by atoms with Crippen molar-refractivity contribution in [2.24, 2.45) is 11.8 Å². The molecule has 2 fully saturated rings. The Morgan fingerprint density at radius 1 is 0.905 bits per heavy atom. The summed E-state index contributed by atoms with van der Waals surface area (Å²) < 4.78 is 0. The van der Waals surface area contributed by atoms with Gasteiger partial charge in [-0.05, 0) is 44.4 Å². The van der Waals surface area contributed by atoms with Gasteiger partial charge >= 0.3 is 12.0 Å². The SMILES string of the molecule is CC1CCCCCC1NC(=O)NC1CCC(C(=O)O)CC1. The van der Waals surface area contributed by atoms with Gasteiger partial charge in [-0.1, -0.05) is 26.2 Å². The minimum absolute atomic E-state index is 0.0764. The van der Waals surface area contributed by atoms with Gasteiger partial charge in [0.1, 0.15) is 0 Å². The first-order valence-electron chi connectivity index (χ1n) is 8.36.